The number of hydrogen-bond donors (Lipinski definition) is 2. The zero-order chi connectivity index (χ0) is 14.5. The molecule has 0 saturated heterocycles. The van der Waals surface area contributed by atoms with Crippen molar-refractivity contribution in [2.75, 3.05) is 19.4 Å². The van der Waals surface area contributed by atoms with Crippen LogP contribution < -0.4 is 4.72 Å². The third-order valence-electron chi connectivity index (χ3n) is 3.33. The van der Waals surface area contributed by atoms with Gasteiger partial charge in [-0.2, -0.15) is 0 Å². The summed E-state index contributed by atoms with van der Waals surface area (Å²) in [4.78, 5) is 22.0. The van der Waals surface area contributed by atoms with Gasteiger partial charge in [0.05, 0.1) is 13.0 Å². The highest BCUT2D eigenvalue weighted by Gasteiger charge is 2.31. The number of ether oxygens (including phenoxy) is 1. The number of aliphatic carboxylic acids is 1. The van der Waals surface area contributed by atoms with Crippen molar-refractivity contribution < 1.29 is 27.9 Å². The van der Waals surface area contributed by atoms with Crippen molar-refractivity contribution in [2.45, 2.75) is 25.7 Å². The minimum absolute atomic E-state index is 0.0519. The van der Waals surface area contributed by atoms with Gasteiger partial charge < -0.3 is 9.84 Å². The van der Waals surface area contributed by atoms with Crippen LogP contribution in [0.2, 0.25) is 0 Å². The lowest BCUT2D eigenvalue weighted by Gasteiger charge is -2.28. The maximum absolute atomic E-state index is 11.6. The molecular formula is C11H19NO6S. The van der Waals surface area contributed by atoms with Gasteiger partial charge in [0.15, 0.2) is 5.75 Å². The number of carboxylic acids is 1. The van der Waals surface area contributed by atoms with Crippen molar-refractivity contribution in [1.82, 2.24) is 4.72 Å². The van der Waals surface area contributed by atoms with Crippen LogP contribution in [0.15, 0.2) is 0 Å². The van der Waals surface area contributed by atoms with E-state index in [0.29, 0.717) is 12.8 Å². The van der Waals surface area contributed by atoms with E-state index in [0.717, 1.165) is 20.0 Å². The van der Waals surface area contributed by atoms with Gasteiger partial charge in [-0.05, 0) is 18.8 Å². The molecule has 1 fully saturated rings. The van der Waals surface area contributed by atoms with Crippen molar-refractivity contribution >= 4 is 22.0 Å². The van der Waals surface area contributed by atoms with Crippen molar-refractivity contribution in [2.24, 2.45) is 11.8 Å². The normalized spacial score (nSPS) is 23.8. The minimum atomic E-state index is -3.76. The molecular weight excluding hydrogens is 274 g/mol. The highest BCUT2D eigenvalue weighted by molar-refractivity contribution is 7.90. The lowest BCUT2D eigenvalue weighted by atomic mass is 9.79. The fraction of sp³-hybridized carbons (Fsp3) is 0.818. The maximum Gasteiger partial charge on any atom is 0.322 e. The van der Waals surface area contributed by atoms with E-state index < -0.39 is 33.6 Å². The summed E-state index contributed by atoms with van der Waals surface area (Å²) in [6.07, 6.45) is 2.99. The van der Waals surface area contributed by atoms with Gasteiger partial charge in [0, 0.05) is 6.54 Å². The monoisotopic (exact) mass is 293 g/mol. The predicted molar refractivity (Wildman–Crippen MR) is 66.9 cm³/mol. The lowest BCUT2D eigenvalue weighted by Crippen LogP contribution is -2.39. The summed E-state index contributed by atoms with van der Waals surface area (Å²) in [5.41, 5.74) is 0. The number of rotatable bonds is 6. The van der Waals surface area contributed by atoms with Gasteiger partial charge in [0.1, 0.15) is 0 Å². The van der Waals surface area contributed by atoms with Gasteiger partial charge >= 0.3 is 11.9 Å². The number of esters is 1. The van der Waals surface area contributed by atoms with Crippen LogP contribution in [0.25, 0.3) is 0 Å². The van der Waals surface area contributed by atoms with Crippen LogP contribution in [0.3, 0.4) is 0 Å². The number of nitrogens with one attached hydrogen (secondary N) is 1. The van der Waals surface area contributed by atoms with Crippen LogP contribution in [0.5, 0.6) is 0 Å². The summed E-state index contributed by atoms with van der Waals surface area (Å²) < 4.78 is 29.7. The predicted octanol–water partition coefficient (Wildman–Crippen LogP) is -0.0302. The molecule has 0 aliphatic heterocycles. The molecule has 8 heteroatoms. The van der Waals surface area contributed by atoms with Crippen LogP contribution in [-0.4, -0.2) is 44.9 Å². The zero-order valence-electron chi connectivity index (χ0n) is 10.8. The standard InChI is InChI=1S/C11H19NO6S/c1-18-10(13)7-19(16,17)12-6-8-4-2-3-5-9(8)11(14)15/h8-9,12H,2-7H2,1H3,(H,14,15). The number of sulfonamides is 1. The van der Waals surface area contributed by atoms with Crippen molar-refractivity contribution in [3.8, 4) is 0 Å². The van der Waals surface area contributed by atoms with E-state index in [1.54, 1.807) is 0 Å². The van der Waals surface area contributed by atoms with E-state index >= 15 is 0 Å². The molecule has 0 radical (unpaired) electrons. The zero-order valence-corrected chi connectivity index (χ0v) is 11.6. The highest BCUT2D eigenvalue weighted by atomic mass is 32.2. The first-order valence-electron chi connectivity index (χ1n) is 6.12. The van der Waals surface area contributed by atoms with E-state index in [4.69, 9.17) is 5.11 Å². The van der Waals surface area contributed by atoms with Crippen molar-refractivity contribution in [3.05, 3.63) is 0 Å². The average Bonchev–Trinajstić information content (AvgIpc) is 2.36. The molecule has 2 N–H and O–H groups in total. The minimum Gasteiger partial charge on any atom is -0.481 e. The third kappa shape index (κ3) is 5.15. The first-order chi connectivity index (χ1) is 8.85. The van der Waals surface area contributed by atoms with Gasteiger partial charge in [-0.25, -0.2) is 13.1 Å². The Bertz CT molecular complexity index is 432. The summed E-state index contributed by atoms with van der Waals surface area (Å²) in [5.74, 6) is -3.22. The highest BCUT2D eigenvalue weighted by Crippen LogP contribution is 2.29. The molecule has 2 atom stereocenters. The largest absolute Gasteiger partial charge is 0.481 e. The van der Waals surface area contributed by atoms with Gasteiger partial charge in [0.25, 0.3) is 0 Å². The Kier molecular flexibility index (Phi) is 5.74. The Morgan fingerprint density at radius 3 is 2.53 bits per heavy atom. The molecule has 0 aromatic carbocycles. The molecule has 2 unspecified atom stereocenters. The maximum atomic E-state index is 11.6. The number of carbonyl (C=O) groups excluding carboxylic acids is 1. The van der Waals surface area contributed by atoms with Gasteiger partial charge in [-0.3, -0.25) is 9.59 Å². The van der Waals surface area contributed by atoms with Crippen LogP contribution in [0, 0.1) is 11.8 Å². The molecule has 0 aromatic rings. The second kappa shape index (κ2) is 6.85. The summed E-state index contributed by atoms with van der Waals surface area (Å²) in [5, 5.41) is 9.07. The molecule has 0 bridgehead atoms. The van der Waals surface area contributed by atoms with E-state index in [1.807, 2.05) is 0 Å². The van der Waals surface area contributed by atoms with Gasteiger partial charge in [0.2, 0.25) is 10.0 Å². The molecule has 0 amide bonds. The summed E-state index contributed by atoms with van der Waals surface area (Å²) >= 11 is 0. The molecule has 0 aromatic heterocycles. The Balaban J connectivity index is 2.54. The number of hydrogen-bond acceptors (Lipinski definition) is 5. The fourth-order valence-electron chi connectivity index (χ4n) is 2.28. The second-order valence-corrected chi connectivity index (χ2v) is 6.48. The van der Waals surface area contributed by atoms with E-state index in [9.17, 15) is 18.0 Å². The molecule has 1 aliphatic carbocycles. The van der Waals surface area contributed by atoms with Crippen LogP contribution >= 0.6 is 0 Å². The molecule has 19 heavy (non-hydrogen) atoms. The van der Waals surface area contributed by atoms with Crippen molar-refractivity contribution in [1.29, 1.82) is 0 Å². The molecule has 7 nitrogen and oxygen atoms in total. The number of carbonyl (C=O) groups is 2. The van der Waals surface area contributed by atoms with E-state index in [1.165, 1.54) is 0 Å². The first kappa shape index (κ1) is 15.9. The Hall–Kier alpha value is -1.15. The quantitative estimate of drug-likeness (QED) is 0.665. The van der Waals surface area contributed by atoms with E-state index in [2.05, 4.69) is 9.46 Å². The molecule has 1 rings (SSSR count). The number of carboxylic acid groups (broad SMARTS) is 1. The van der Waals surface area contributed by atoms with Crippen molar-refractivity contribution in [3.63, 3.8) is 0 Å². The van der Waals surface area contributed by atoms with Crippen LogP contribution in [0.4, 0.5) is 0 Å². The number of methoxy groups -OCH3 is 1. The first-order valence-corrected chi connectivity index (χ1v) is 7.78. The molecule has 0 spiro atoms. The molecule has 1 aliphatic rings. The summed E-state index contributed by atoms with van der Waals surface area (Å²) in [6, 6.07) is 0. The topological polar surface area (TPSA) is 110 Å². The Morgan fingerprint density at radius 2 is 1.95 bits per heavy atom. The van der Waals surface area contributed by atoms with Crippen LogP contribution in [0.1, 0.15) is 25.7 Å². The average molecular weight is 293 g/mol. The van der Waals surface area contributed by atoms with Crippen LogP contribution in [-0.2, 0) is 24.3 Å². The third-order valence-corrected chi connectivity index (χ3v) is 4.55. The summed E-state index contributed by atoms with van der Waals surface area (Å²) in [7, 11) is -2.65. The van der Waals surface area contributed by atoms with E-state index in [-0.39, 0.29) is 12.5 Å². The second-order valence-electron chi connectivity index (χ2n) is 4.67. The SMILES string of the molecule is COC(=O)CS(=O)(=O)NCC1CCCCC1C(=O)O. The fourth-order valence-corrected chi connectivity index (χ4v) is 3.27. The summed E-state index contributed by atoms with van der Waals surface area (Å²) in [6.45, 7) is 0.0519. The van der Waals surface area contributed by atoms with Gasteiger partial charge in [-0.1, -0.05) is 12.8 Å². The Labute approximate surface area is 112 Å². The molecule has 0 heterocycles. The Morgan fingerprint density at radius 1 is 1.32 bits per heavy atom. The lowest BCUT2D eigenvalue weighted by molar-refractivity contribution is -0.144. The smallest absolute Gasteiger partial charge is 0.322 e. The molecule has 1 saturated carbocycles. The molecule has 110 valence electrons. The van der Waals surface area contributed by atoms with Gasteiger partial charge in [-0.15, -0.1) is 0 Å².